The molecule has 1 amide bonds. The van der Waals surface area contributed by atoms with E-state index < -0.39 is 0 Å². The maximum atomic E-state index is 12.6. The van der Waals surface area contributed by atoms with Crippen LogP contribution in [-0.4, -0.2) is 17.4 Å². The number of hydrogen-bond acceptors (Lipinski definition) is 3. The van der Waals surface area contributed by atoms with Gasteiger partial charge in [-0.3, -0.25) is 9.78 Å². The van der Waals surface area contributed by atoms with Crippen LogP contribution in [-0.2, 0) is 0 Å². The van der Waals surface area contributed by atoms with Crippen molar-refractivity contribution in [2.45, 2.75) is 6.92 Å². The van der Waals surface area contributed by atoms with Gasteiger partial charge in [0.25, 0.3) is 5.91 Å². The Bertz CT molecular complexity index is 868. The maximum absolute atomic E-state index is 12.6. The molecule has 0 saturated heterocycles. The molecule has 2 aromatic carbocycles. The van der Waals surface area contributed by atoms with Crippen LogP contribution in [0.5, 0.6) is 0 Å². The third kappa shape index (κ3) is 4.06. The molecule has 3 aromatic rings. The lowest BCUT2D eigenvalue weighted by atomic mass is 10.2. The lowest BCUT2D eigenvalue weighted by Gasteiger charge is -2.23. The molecule has 0 saturated carbocycles. The largest absolute Gasteiger partial charge is 0.340 e. The summed E-state index contributed by atoms with van der Waals surface area (Å²) in [6, 6.07) is 19.4. The van der Waals surface area contributed by atoms with Gasteiger partial charge in [0, 0.05) is 22.9 Å². The Morgan fingerprint density at radius 2 is 1.76 bits per heavy atom. The Morgan fingerprint density at radius 3 is 2.48 bits per heavy atom. The molecule has 0 unspecified atom stereocenters. The third-order valence-electron chi connectivity index (χ3n) is 3.80. The summed E-state index contributed by atoms with van der Waals surface area (Å²) < 4.78 is 0.840. The van der Waals surface area contributed by atoms with Crippen molar-refractivity contribution in [2.24, 2.45) is 0 Å². The number of hydrogen-bond donors (Lipinski definition) is 1. The van der Waals surface area contributed by atoms with Gasteiger partial charge in [-0.2, -0.15) is 0 Å². The molecule has 25 heavy (non-hydrogen) atoms. The number of halogens is 1. The minimum absolute atomic E-state index is 0.189. The van der Waals surface area contributed by atoms with Crippen LogP contribution in [0.3, 0.4) is 0 Å². The minimum atomic E-state index is -0.189. The van der Waals surface area contributed by atoms with E-state index in [0.29, 0.717) is 5.56 Å². The molecule has 3 rings (SSSR count). The Morgan fingerprint density at radius 1 is 1.04 bits per heavy atom. The van der Waals surface area contributed by atoms with Crippen molar-refractivity contribution in [3.63, 3.8) is 0 Å². The molecule has 0 radical (unpaired) electrons. The van der Waals surface area contributed by atoms with Gasteiger partial charge in [0.15, 0.2) is 0 Å². The number of nitrogens with one attached hydrogen (secondary N) is 1. The zero-order chi connectivity index (χ0) is 17.6. The number of carbonyl (C=O) groups is 1. The van der Waals surface area contributed by atoms with Crippen LogP contribution in [0.25, 0.3) is 0 Å². The summed E-state index contributed by atoms with van der Waals surface area (Å²) in [5, 5.41) is 2.91. The van der Waals surface area contributed by atoms with Crippen LogP contribution >= 0.6 is 15.9 Å². The standard InChI is InChI=1S/C20H18BrN3O/c1-2-24(16-8-4-3-5-9-16)17-12-15(13-22-14-17)20(25)23-19-11-7-6-10-18(19)21/h3-14H,2H2,1H3,(H,23,25). The molecule has 5 heteroatoms. The molecular weight excluding hydrogens is 378 g/mol. The first kappa shape index (κ1) is 17.2. The van der Waals surface area contributed by atoms with Crippen molar-refractivity contribution in [3.05, 3.63) is 83.1 Å². The molecule has 0 bridgehead atoms. The summed E-state index contributed by atoms with van der Waals surface area (Å²) in [4.78, 5) is 18.9. The number of rotatable bonds is 5. The molecule has 1 heterocycles. The molecule has 0 aliphatic carbocycles. The monoisotopic (exact) mass is 395 g/mol. The molecule has 4 nitrogen and oxygen atoms in total. The van der Waals surface area contributed by atoms with Gasteiger partial charge in [0.2, 0.25) is 0 Å². The summed E-state index contributed by atoms with van der Waals surface area (Å²) in [6.07, 6.45) is 3.35. The van der Waals surface area contributed by atoms with E-state index >= 15 is 0 Å². The van der Waals surface area contributed by atoms with Gasteiger partial charge >= 0.3 is 0 Å². The van der Waals surface area contributed by atoms with Crippen molar-refractivity contribution < 1.29 is 4.79 Å². The SMILES string of the molecule is CCN(c1ccccc1)c1cncc(C(=O)Nc2ccccc2Br)c1. The van der Waals surface area contributed by atoms with Gasteiger partial charge in [-0.15, -0.1) is 0 Å². The summed E-state index contributed by atoms with van der Waals surface area (Å²) >= 11 is 3.44. The Kier molecular flexibility index (Phi) is 5.46. The Labute approximate surface area is 155 Å². The van der Waals surface area contributed by atoms with Gasteiger partial charge in [0.05, 0.1) is 23.1 Å². The van der Waals surface area contributed by atoms with E-state index in [2.05, 4.69) is 38.1 Å². The quantitative estimate of drug-likeness (QED) is 0.640. The van der Waals surface area contributed by atoms with E-state index in [4.69, 9.17) is 0 Å². The Balaban J connectivity index is 1.86. The second kappa shape index (κ2) is 7.94. The Hall–Kier alpha value is -2.66. The average Bonchev–Trinajstić information content (AvgIpc) is 2.65. The molecule has 1 N–H and O–H groups in total. The first-order valence-corrected chi connectivity index (χ1v) is 8.82. The fourth-order valence-corrected chi connectivity index (χ4v) is 2.96. The molecular formula is C20H18BrN3O. The van der Waals surface area contributed by atoms with Crippen LogP contribution in [0.1, 0.15) is 17.3 Å². The number of nitrogens with zero attached hydrogens (tertiary/aromatic N) is 2. The lowest BCUT2D eigenvalue weighted by Crippen LogP contribution is -2.18. The van der Waals surface area contributed by atoms with Crippen molar-refractivity contribution in [3.8, 4) is 0 Å². The second-order valence-electron chi connectivity index (χ2n) is 5.45. The molecule has 126 valence electrons. The second-order valence-corrected chi connectivity index (χ2v) is 6.30. The summed E-state index contributed by atoms with van der Waals surface area (Å²) in [5.41, 5.74) is 3.19. The highest BCUT2D eigenvalue weighted by molar-refractivity contribution is 9.10. The molecule has 0 spiro atoms. The molecule has 0 aliphatic heterocycles. The van der Waals surface area contributed by atoms with E-state index in [-0.39, 0.29) is 5.91 Å². The smallest absolute Gasteiger partial charge is 0.257 e. The number of pyridine rings is 1. The average molecular weight is 396 g/mol. The summed E-state index contributed by atoms with van der Waals surface area (Å²) in [5.74, 6) is -0.189. The summed E-state index contributed by atoms with van der Waals surface area (Å²) in [7, 11) is 0. The van der Waals surface area contributed by atoms with Crippen LogP contribution < -0.4 is 10.2 Å². The lowest BCUT2D eigenvalue weighted by molar-refractivity contribution is 0.102. The van der Waals surface area contributed by atoms with Gasteiger partial charge in [-0.05, 0) is 53.2 Å². The third-order valence-corrected chi connectivity index (χ3v) is 4.50. The fraction of sp³-hybridized carbons (Fsp3) is 0.100. The number of amides is 1. The predicted octanol–water partition coefficient (Wildman–Crippen LogP) is 5.25. The van der Waals surface area contributed by atoms with Crippen LogP contribution in [0.4, 0.5) is 17.1 Å². The number of para-hydroxylation sites is 2. The first-order chi connectivity index (χ1) is 12.2. The fourth-order valence-electron chi connectivity index (χ4n) is 2.58. The number of benzene rings is 2. The first-order valence-electron chi connectivity index (χ1n) is 8.02. The van der Waals surface area contributed by atoms with Crippen molar-refractivity contribution in [1.82, 2.24) is 4.98 Å². The number of anilines is 3. The van der Waals surface area contributed by atoms with E-state index in [0.717, 1.165) is 28.1 Å². The molecule has 0 atom stereocenters. The van der Waals surface area contributed by atoms with Gasteiger partial charge < -0.3 is 10.2 Å². The maximum Gasteiger partial charge on any atom is 0.257 e. The molecule has 1 aromatic heterocycles. The number of aromatic nitrogens is 1. The molecule has 0 aliphatic rings. The van der Waals surface area contributed by atoms with Crippen LogP contribution in [0.15, 0.2) is 77.5 Å². The van der Waals surface area contributed by atoms with Crippen molar-refractivity contribution in [2.75, 3.05) is 16.8 Å². The zero-order valence-electron chi connectivity index (χ0n) is 13.8. The normalized spacial score (nSPS) is 10.3. The van der Waals surface area contributed by atoms with E-state index in [1.807, 2.05) is 60.7 Å². The van der Waals surface area contributed by atoms with Gasteiger partial charge in [-0.25, -0.2) is 0 Å². The highest BCUT2D eigenvalue weighted by Gasteiger charge is 2.12. The predicted molar refractivity (Wildman–Crippen MR) is 105 cm³/mol. The van der Waals surface area contributed by atoms with Gasteiger partial charge in [-0.1, -0.05) is 30.3 Å². The highest BCUT2D eigenvalue weighted by Crippen LogP contribution is 2.26. The van der Waals surface area contributed by atoms with E-state index in [1.165, 1.54) is 0 Å². The van der Waals surface area contributed by atoms with Crippen LogP contribution in [0, 0.1) is 0 Å². The molecule has 0 fully saturated rings. The highest BCUT2D eigenvalue weighted by atomic mass is 79.9. The summed E-state index contributed by atoms with van der Waals surface area (Å²) in [6.45, 7) is 2.85. The van der Waals surface area contributed by atoms with Crippen LogP contribution in [0.2, 0.25) is 0 Å². The number of carbonyl (C=O) groups excluding carboxylic acids is 1. The van der Waals surface area contributed by atoms with E-state index in [9.17, 15) is 4.79 Å². The van der Waals surface area contributed by atoms with Gasteiger partial charge in [0.1, 0.15) is 0 Å². The topological polar surface area (TPSA) is 45.2 Å². The minimum Gasteiger partial charge on any atom is -0.340 e. The van der Waals surface area contributed by atoms with Crippen molar-refractivity contribution >= 4 is 38.9 Å². The zero-order valence-corrected chi connectivity index (χ0v) is 15.4. The van der Waals surface area contributed by atoms with Crippen molar-refractivity contribution in [1.29, 1.82) is 0 Å². The van der Waals surface area contributed by atoms with E-state index in [1.54, 1.807) is 12.4 Å².